The lowest BCUT2D eigenvalue weighted by molar-refractivity contribution is 0.0354. The van der Waals surface area contributed by atoms with Gasteiger partial charge in [-0.3, -0.25) is 0 Å². The number of benzene rings is 1. The molecule has 0 fully saturated rings. The van der Waals surface area contributed by atoms with Crippen molar-refractivity contribution in [2.24, 2.45) is 0 Å². The van der Waals surface area contributed by atoms with E-state index >= 15 is 0 Å². The molecule has 0 saturated heterocycles. The minimum absolute atomic E-state index is 0.204. The number of carbonyl (C=O) groups is 1. The maximum atomic E-state index is 12.2. The van der Waals surface area contributed by atoms with Gasteiger partial charge in [0.25, 0.3) is 0 Å². The van der Waals surface area contributed by atoms with E-state index in [1.54, 1.807) is 10.7 Å². The number of hydrogen-bond donors (Lipinski definition) is 3. The minimum atomic E-state index is -0.879. The van der Waals surface area contributed by atoms with Crippen LogP contribution in [0.3, 0.4) is 0 Å². The molecule has 24 heavy (non-hydrogen) atoms. The molecule has 0 radical (unpaired) electrons. The van der Waals surface area contributed by atoms with Gasteiger partial charge in [0.15, 0.2) is 0 Å². The normalized spacial score (nSPS) is 11.4. The molecule has 130 valence electrons. The van der Waals surface area contributed by atoms with Crippen LogP contribution < -0.4 is 10.6 Å². The molecule has 0 spiro atoms. The molecule has 2 rings (SSSR count). The second-order valence-corrected chi connectivity index (χ2v) is 5.87. The number of aromatic nitrogens is 3. The van der Waals surface area contributed by atoms with Gasteiger partial charge >= 0.3 is 6.03 Å². The minimum Gasteiger partial charge on any atom is -0.388 e. The number of hydrogen-bond acceptors (Lipinski definition) is 4. The van der Waals surface area contributed by atoms with E-state index in [2.05, 4.69) is 20.7 Å². The fourth-order valence-corrected chi connectivity index (χ4v) is 2.42. The Kier molecular flexibility index (Phi) is 5.56. The summed E-state index contributed by atoms with van der Waals surface area (Å²) >= 11 is 0. The molecule has 2 aromatic rings. The fraction of sp³-hybridized carbons (Fsp3) is 0.471. The largest absolute Gasteiger partial charge is 0.388 e. The quantitative estimate of drug-likeness (QED) is 0.758. The van der Waals surface area contributed by atoms with E-state index in [4.69, 9.17) is 0 Å². The highest BCUT2D eigenvalue weighted by Gasteiger charge is 2.23. The Balaban J connectivity index is 2.13. The summed E-state index contributed by atoms with van der Waals surface area (Å²) in [6.07, 6.45) is 1.16. The van der Waals surface area contributed by atoms with Gasteiger partial charge in [0, 0.05) is 6.54 Å². The van der Waals surface area contributed by atoms with Crippen molar-refractivity contribution < 1.29 is 9.90 Å². The number of nitrogens with one attached hydrogen (secondary N) is 2. The molecule has 3 N–H and O–H groups in total. The van der Waals surface area contributed by atoms with Crippen molar-refractivity contribution >= 4 is 11.7 Å². The average Bonchev–Trinajstić information content (AvgIpc) is 2.91. The second kappa shape index (κ2) is 7.44. The summed E-state index contributed by atoms with van der Waals surface area (Å²) in [7, 11) is 0. The third kappa shape index (κ3) is 4.11. The number of nitrogens with zero attached hydrogens (tertiary/aromatic N) is 3. The van der Waals surface area contributed by atoms with Gasteiger partial charge in [-0.1, -0.05) is 26.0 Å². The maximum absolute atomic E-state index is 12.2. The van der Waals surface area contributed by atoms with Gasteiger partial charge < -0.3 is 15.7 Å². The van der Waals surface area contributed by atoms with Crippen molar-refractivity contribution in [1.82, 2.24) is 20.1 Å². The highest BCUT2D eigenvalue weighted by atomic mass is 16.3. The number of rotatable bonds is 6. The molecule has 0 aliphatic rings. The van der Waals surface area contributed by atoms with Gasteiger partial charge in [0.05, 0.1) is 17.0 Å². The molecule has 7 nitrogen and oxygen atoms in total. The summed E-state index contributed by atoms with van der Waals surface area (Å²) < 4.78 is 1.69. The van der Waals surface area contributed by atoms with E-state index in [0.717, 1.165) is 11.5 Å². The highest BCUT2D eigenvalue weighted by Crippen LogP contribution is 2.20. The number of anilines is 1. The summed E-state index contributed by atoms with van der Waals surface area (Å²) in [6.45, 7) is 7.68. The number of amides is 2. The van der Waals surface area contributed by atoms with Crippen molar-refractivity contribution in [3.63, 3.8) is 0 Å². The number of urea groups is 1. The van der Waals surface area contributed by atoms with Crippen LogP contribution in [0.4, 0.5) is 10.5 Å². The van der Waals surface area contributed by atoms with Crippen molar-refractivity contribution in [3.8, 4) is 5.69 Å². The first-order chi connectivity index (χ1) is 11.4. The third-order valence-electron chi connectivity index (χ3n) is 4.15. The lowest BCUT2D eigenvalue weighted by Crippen LogP contribution is -2.43. The van der Waals surface area contributed by atoms with Crippen molar-refractivity contribution in [2.75, 3.05) is 11.9 Å². The number of carbonyl (C=O) groups excluding carboxylic acids is 1. The molecular weight excluding hydrogens is 306 g/mol. The van der Waals surface area contributed by atoms with Crippen LogP contribution in [0, 0.1) is 13.8 Å². The van der Waals surface area contributed by atoms with Gasteiger partial charge in [0.1, 0.15) is 11.6 Å². The summed E-state index contributed by atoms with van der Waals surface area (Å²) in [5, 5.41) is 20.1. The van der Waals surface area contributed by atoms with Gasteiger partial charge in [-0.25, -0.2) is 14.5 Å². The van der Waals surface area contributed by atoms with Gasteiger partial charge in [0.2, 0.25) is 0 Å². The first-order valence-electron chi connectivity index (χ1n) is 8.15. The Hall–Kier alpha value is -2.41. The Morgan fingerprint density at radius 2 is 1.92 bits per heavy atom. The highest BCUT2D eigenvalue weighted by molar-refractivity contribution is 5.91. The maximum Gasteiger partial charge on any atom is 0.319 e. The van der Waals surface area contributed by atoms with Crippen LogP contribution >= 0.6 is 0 Å². The van der Waals surface area contributed by atoms with Gasteiger partial charge in [-0.05, 0) is 38.8 Å². The van der Waals surface area contributed by atoms with Crippen LogP contribution in [0.5, 0.6) is 0 Å². The molecule has 0 bridgehead atoms. The zero-order valence-corrected chi connectivity index (χ0v) is 14.6. The van der Waals surface area contributed by atoms with E-state index in [1.807, 2.05) is 45.9 Å². The van der Waals surface area contributed by atoms with Crippen LogP contribution in [-0.2, 0) is 0 Å². The molecule has 1 aromatic heterocycles. The molecule has 0 aliphatic carbocycles. The van der Waals surface area contributed by atoms with Gasteiger partial charge in [-0.2, -0.15) is 5.10 Å². The van der Waals surface area contributed by atoms with Gasteiger partial charge in [-0.15, -0.1) is 0 Å². The molecule has 0 saturated carbocycles. The third-order valence-corrected chi connectivity index (χ3v) is 4.15. The number of para-hydroxylation sites is 2. The Morgan fingerprint density at radius 3 is 2.50 bits per heavy atom. The predicted molar refractivity (Wildman–Crippen MR) is 93.4 cm³/mol. The molecular formula is C17H25N5O2. The van der Waals surface area contributed by atoms with Crippen molar-refractivity contribution in [3.05, 3.63) is 35.9 Å². The predicted octanol–water partition coefficient (Wildman–Crippen LogP) is 2.56. The van der Waals surface area contributed by atoms with Crippen molar-refractivity contribution in [2.45, 2.75) is 46.1 Å². The molecule has 0 atom stereocenters. The molecule has 7 heteroatoms. The smallest absolute Gasteiger partial charge is 0.319 e. The Morgan fingerprint density at radius 1 is 1.25 bits per heavy atom. The van der Waals surface area contributed by atoms with E-state index in [-0.39, 0.29) is 12.6 Å². The van der Waals surface area contributed by atoms with Crippen LogP contribution in [0.2, 0.25) is 0 Å². The number of aryl methyl sites for hydroxylation is 2. The van der Waals surface area contributed by atoms with Crippen molar-refractivity contribution in [1.29, 1.82) is 0 Å². The lowest BCUT2D eigenvalue weighted by Gasteiger charge is -2.25. The van der Waals surface area contributed by atoms with E-state index < -0.39 is 5.60 Å². The molecule has 2 amide bonds. The molecule has 1 heterocycles. The standard InChI is InChI=1S/C17H25N5O2/c1-5-17(24,6-2)11-18-16(23)20-14-9-7-8-10-15(14)22-13(4)19-12(3)21-22/h7-10,24H,5-6,11H2,1-4H3,(H2,18,20,23). The molecule has 0 unspecified atom stereocenters. The summed E-state index contributed by atoms with van der Waals surface area (Å²) in [6, 6.07) is 7.02. The molecule has 1 aromatic carbocycles. The van der Waals surface area contributed by atoms with Crippen LogP contribution in [0.25, 0.3) is 5.69 Å². The Labute approximate surface area is 142 Å². The monoisotopic (exact) mass is 331 g/mol. The van der Waals surface area contributed by atoms with Crippen LogP contribution in [0.1, 0.15) is 38.3 Å². The summed E-state index contributed by atoms with van der Waals surface area (Å²) in [5.41, 5.74) is 0.489. The lowest BCUT2D eigenvalue weighted by atomic mass is 9.98. The first kappa shape index (κ1) is 17.9. The van der Waals surface area contributed by atoms with Crippen LogP contribution in [0.15, 0.2) is 24.3 Å². The Bertz CT molecular complexity index is 707. The van der Waals surface area contributed by atoms with Crippen LogP contribution in [-0.4, -0.2) is 38.0 Å². The summed E-state index contributed by atoms with van der Waals surface area (Å²) in [4.78, 5) is 16.5. The average molecular weight is 331 g/mol. The zero-order valence-electron chi connectivity index (χ0n) is 14.6. The number of aliphatic hydroxyl groups is 1. The molecule has 0 aliphatic heterocycles. The zero-order chi connectivity index (χ0) is 17.7. The first-order valence-corrected chi connectivity index (χ1v) is 8.15. The van der Waals surface area contributed by atoms with E-state index in [0.29, 0.717) is 24.4 Å². The summed E-state index contributed by atoms with van der Waals surface area (Å²) in [5.74, 6) is 1.41. The van der Waals surface area contributed by atoms with E-state index in [9.17, 15) is 9.90 Å². The van der Waals surface area contributed by atoms with E-state index in [1.165, 1.54) is 0 Å². The topological polar surface area (TPSA) is 92.1 Å². The second-order valence-electron chi connectivity index (χ2n) is 5.87. The SMILES string of the molecule is CCC(O)(CC)CNC(=O)Nc1ccccc1-n1nc(C)nc1C. The fourth-order valence-electron chi connectivity index (χ4n) is 2.42.